The molecule has 40 heavy (non-hydrogen) atoms. The second kappa shape index (κ2) is 9.37. The molecule has 8 rings (SSSR count). The largest absolute Gasteiger partial charge is 0.309 e. The van der Waals surface area contributed by atoms with Crippen molar-refractivity contribution in [1.82, 2.24) is 4.57 Å². The van der Waals surface area contributed by atoms with E-state index < -0.39 is 0 Å². The van der Waals surface area contributed by atoms with E-state index in [9.17, 15) is 0 Å². The molecule has 6 aromatic carbocycles. The molecule has 2 aromatic heterocycles. The molecule has 0 amide bonds. The molecule has 0 radical (unpaired) electrons. The van der Waals surface area contributed by atoms with Crippen LogP contribution >= 0.6 is 11.3 Å². The molecule has 0 aliphatic carbocycles. The van der Waals surface area contributed by atoms with Crippen LogP contribution in [0.5, 0.6) is 0 Å². The Morgan fingerprint density at radius 2 is 1.02 bits per heavy atom. The highest BCUT2D eigenvalue weighted by molar-refractivity contribution is 7.17. The molecule has 2 heterocycles. The van der Waals surface area contributed by atoms with Gasteiger partial charge in [0.05, 0.1) is 11.0 Å². The lowest BCUT2D eigenvalue weighted by Gasteiger charge is -2.12. The topological polar surface area (TPSA) is 4.93 Å². The van der Waals surface area contributed by atoms with Crippen LogP contribution in [0.4, 0.5) is 0 Å². The van der Waals surface area contributed by atoms with Gasteiger partial charge in [-0.3, -0.25) is 0 Å². The van der Waals surface area contributed by atoms with Crippen LogP contribution in [0.1, 0.15) is 0 Å². The van der Waals surface area contributed by atoms with Gasteiger partial charge in [0.25, 0.3) is 0 Å². The molecule has 0 aliphatic rings. The molecule has 8 aromatic rings. The Bertz CT molecular complexity index is 2130. The van der Waals surface area contributed by atoms with Crippen molar-refractivity contribution in [3.05, 3.63) is 151 Å². The maximum Gasteiger partial charge on any atom is 0.0548 e. The Hall–Kier alpha value is -4.92. The molecular formula is C38H25NS. The van der Waals surface area contributed by atoms with Crippen molar-refractivity contribution < 1.29 is 0 Å². The lowest BCUT2D eigenvalue weighted by molar-refractivity contribution is 1.18. The van der Waals surface area contributed by atoms with E-state index in [1.165, 1.54) is 71.0 Å². The zero-order chi connectivity index (χ0) is 26.5. The lowest BCUT2D eigenvalue weighted by atomic mass is 9.93. The van der Waals surface area contributed by atoms with Crippen LogP contribution in [0.2, 0.25) is 0 Å². The number of rotatable bonds is 4. The van der Waals surface area contributed by atoms with Crippen LogP contribution in [0.3, 0.4) is 0 Å². The molecule has 188 valence electrons. The van der Waals surface area contributed by atoms with E-state index in [-0.39, 0.29) is 0 Å². The van der Waals surface area contributed by atoms with E-state index in [4.69, 9.17) is 0 Å². The van der Waals surface area contributed by atoms with E-state index in [1.54, 1.807) is 11.3 Å². The van der Waals surface area contributed by atoms with Crippen LogP contribution in [-0.4, -0.2) is 4.57 Å². The average molecular weight is 528 g/mol. The summed E-state index contributed by atoms with van der Waals surface area (Å²) in [5.41, 5.74) is 11.1. The Kier molecular flexibility index (Phi) is 5.39. The van der Waals surface area contributed by atoms with E-state index >= 15 is 0 Å². The minimum absolute atomic E-state index is 1.17. The van der Waals surface area contributed by atoms with Gasteiger partial charge in [-0.2, -0.15) is 0 Å². The maximum absolute atomic E-state index is 2.42. The fourth-order valence-electron chi connectivity index (χ4n) is 6.05. The first-order chi connectivity index (χ1) is 19.8. The van der Waals surface area contributed by atoms with Crippen molar-refractivity contribution in [2.75, 3.05) is 0 Å². The average Bonchev–Trinajstić information content (AvgIpc) is 3.64. The summed E-state index contributed by atoms with van der Waals surface area (Å²) in [6.45, 7) is 0. The SMILES string of the molecule is c1ccc(-c2ccc(-n3c4ccc(-c5ccccc5-c5ccccc5)cc4c4c5ccsc5ccc43)cc2)cc1. The molecule has 1 nitrogen and oxygen atoms in total. The lowest BCUT2D eigenvalue weighted by Crippen LogP contribution is -1.94. The van der Waals surface area contributed by atoms with Gasteiger partial charge in [-0.15, -0.1) is 11.3 Å². The molecule has 0 atom stereocenters. The van der Waals surface area contributed by atoms with Crippen LogP contribution in [-0.2, 0) is 0 Å². The summed E-state index contributed by atoms with van der Waals surface area (Å²) < 4.78 is 3.74. The highest BCUT2D eigenvalue weighted by Crippen LogP contribution is 2.41. The molecule has 2 heteroatoms. The van der Waals surface area contributed by atoms with Gasteiger partial charge < -0.3 is 4.57 Å². The second-order valence-corrected chi connectivity index (χ2v) is 11.1. The number of benzene rings is 6. The molecule has 0 spiro atoms. The van der Waals surface area contributed by atoms with E-state index in [0.29, 0.717) is 0 Å². The summed E-state index contributed by atoms with van der Waals surface area (Å²) in [6.07, 6.45) is 0. The molecule has 0 unspecified atom stereocenters. The molecule has 0 saturated heterocycles. The third-order valence-electron chi connectivity index (χ3n) is 7.92. The monoisotopic (exact) mass is 527 g/mol. The van der Waals surface area contributed by atoms with Crippen LogP contribution in [0.15, 0.2) is 151 Å². The van der Waals surface area contributed by atoms with Gasteiger partial charge in [0.2, 0.25) is 0 Å². The van der Waals surface area contributed by atoms with Crippen molar-refractivity contribution in [2.45, 2.75) is 0 Å². The summed E-state index contributed by atoms with van der Waals surface area (Å²) in [5.74, 6) is 0. The van der Waals surface area contributed by atoms with Crippen LogP contribution in [0.25, 0.3) is 71.0 Å². The third-order valence-corrected chi connectivity index (χ3v) is 8.80. The smallest absolute Gasteiger partial charge is 0.0548 e. The summed E-state index contributed by atoms with van der Waals surface area (Å²) in [4.78, 5) is 0. The Balaban J connectivity index is 1.37. The van der Waals surface area contributed by atoms with Crippen LogP contribution < -0.4 is 0 Å². The predicted octanol–water partition coefficient (Wildman–Crippen LogP) is 11.0. The number of aromatic nitrogens is 1. The molecule has 0 N–H and O–H groups in total. The highest BCUT2D eigenvalue weighted by atomic mass is 32.1. The van der Waals surface area contributed by atoms with Crippen molar-refractivity contribution >= 4 is 43.2 Å². The second-order valence-electron chi connectivity index (χ2n) is 10.2. The number of thiophene rings is 1. The van der Waals surface area contributed by atoms with Gasteiger partial charge in [0.15, 0.2) is 0 Å². The quantitative estimate of drug-likeness (QED) is 0.214. The minimum Gasteiger partial charge on any atom is -0.309 e. The highest BCUT2D eigenvalue weighted by Gasteiger charge is 2.17. The Morgan fingerprint density at radius 1 is 0.425 bits per heavy atom. The predicted molar refractivity (Wildman–Crippen MR) is 172 cm³/mol. The molecule has 0 fully saturated rings. The van der Waals surface area contributed by atoms with Gasteiger partial charge >= 0.3 is 0 Å². The van der Waals surface area contributed by atoms with E-state index in [0.717, 1.165) is 0 Å². The summed E-state index contributed by atoms with van der Waals surface area (Å²) in [6, 6.07) is 52.8. The van der Waals surface area contributed by atoms with Crippen molar-refractivity contribution in [2.24, 2.45) is 0 Å². The number of hydrogen-bond acceptors (Lipinski definition) is 1. The van der Waals surface area contributed by atoms with Crippen LogP contribution in [0, 0.1) is 0 Å². The standard InChI is InChI=1S/C38H25NS/c1-3-9-26(10-4-1)27-15-18-30(19-16-27)39-35-20-17-29(32-14-8-7-13-31(32)28-11-5-2-6-12-28)25-34(35)38-33-23-24-40-37(33)22-21-36(38)39/h1-25H. The first kappa shape index (κ1) is 23.0. The van der Waals surface area contributed by atoms with Gasteiger partial charge in [0.1, 0.15) is 0 Å². The number of fused-ring (bicyclic) bond motifs is 5. The first-order valence-corrected chi connectivity index (χ1v) is 14.5. The summed E-state index contributed by atoms with van der Waals surface area (Å²) in [7, 11) is 0. The zero-order valence-electron chi connectivity index (χ0n) is 21.8. The molecule has 0 saturated carbocycles. The Labute approximate surface area is 237 Å². The van der Waals surface area contributed by atoms with Gasteiger partial charge in [-0.1, -0.05) is 103 Å². The first-order valence-electron chi connectivity index (χ1n) is 13.6. The maximum atomic E-state index is 2.42. The normalized spacial score (nSPS) is 11.5. The number of nitrogens with zero attached hydrogens (tertiary/aromatic N) is 1. The molecule has 0 bridgehead atoms. The fourth-order valence-corrected chi connectivity index (χ4v) is 6.84. The van der Waals surface area contributed by atoms with E-state index in [1.807, 2.05) is 0 Å². The van der Waals surface area contributed by atoms with E-state index in [2.05, 4.69) is 156 Å². The zero-order valence-corrected chi connectivity index (χ0v) is 22.6. The summed E-state index contributed by atoms with van der Waals surface area (Å²) >= 11 is 1.81. The van der Waals surface area contributed by atoms with Gasteiger partial charge in [-0.25, -0.2) is 0 Å². The third kappa shape index (κ3) is 3.69. The van der Waals surface area contributed by atoms with Gasteiger partial charge in [0, 0.05) is 26.5 Å². The Morgan fingerprint density at radius 3 is 1.77 bits per heavy atom. The minimum atomic E-state index is 1.17. The van der Waals surface area contributed by atoms with Crippen molar-refractivity contribution in [1.29, 1.82) is 0 Å². The summed E-state index contributed by atoms with van der Waals surface area (Å²) in [5, 5.41) is 6.13. The fraction of sp³-hybridized carbons (Fsp3) is 0. The van der Waals surface area contributed by atoms with Crippen molar-refractivity contribution in [3.8, 4) is 39.1 Å². The van der Waals surface area contributed by atoms with Gasteiger partial charge in [-0.05, 0) is 81.2 Å². The molecular weight excluding hydrogens is 502 g/mol. The number of hydrogen-bond donors (Lipinski definition) is 0. The molecule has 0 aliphatic heterocycles. The van der Waals surface area contributed by atoms with Crippen molar-refractivity contribution in [3.63, 3.8) is 0 Å².